The molecule has 0 spiro atoms. The zero-order chi connectivity index (χ0) is 20.9. The van der Waals surface area contributed by atoms with Crippen molar-refractivity contribution in [2.24, 2.45) is 0 Å². The average molecular weight is 409 g/mol. The third-order valence-electron chi connectivity index (χ3n) is 6.12. The van der Waals surface area contributed by atoms with Crippen LogP contribution in [0.15, 0.2) is 60.8 Å². The third kappa shape index (κ3) is 5.37. The summed E-state index contributed by atoms with van der Waals surface area (Å²) in [7, 11) is 0. The zero-order valence-corrected chi connectivity index (χ0v) is 17.7. The van der Waals surface area contributed by atoms with Crippen LogP contribution in [0.2, 0.25) is 0 Å². The first-order valence-electron chi connectivity index (χ1n) is 11.0. The molecule has 1 aliphatic carbocycles. The van der Waals surface area contributed by atoms with E-state index < -0.39 is 11.6 Å². The summed E-state index contributed by atoms with van der Waals surface area (Å²) in [5, 5.41) is 0. The van der Waals surface area contributed by atoms with E-state index in [0.29, 0.717) is 18.2 Å². The van der Waals surface area contributed by atoms with Crippen molar-refractivity contribution in [3.8, 4) is 0 Å². The van der Waals surface area contributed by atoms with Gasteiger partial charge in [-0.3, -0.25) is 4.90 Å². The lowest BCUT2D eigenvalue weighted by atomic mass is 9.93. The van der Waals surface area contributed by atoms with Crippen molar-refractivity contribution in [3.05, 3.63) is 94.8 Å². The average Bonchev–Trinajstić information content (AvgIpc) is 3.14. The number of nitrogens with zero attached hydrogens (tertiary/aromatic N) is 2. The second kappa shape index (κ2) is 9.57. The van der Waals surface area contributed by atoms with Crippen molar-refractivity contribution in [3.63, 3.8) is 0 Å². The van der Waals surface area contributed by atoms with Gasteiger partial charge >= 0.3 is 0 Å². The SMILES string of the molecule is Cc1cccc(Cn2cccc2CN(Cc2cc(F)cc(F)c2)C2CCCCC2)c1. The van der Waals surface area contributed by atoms with Gasteiger partial charge in [-0.1, -0.05) is 49.1 Å². The van der Waals surface area contributed by atoms with E-state index in [2.05, 4.69) is 59.0 Å². The van der Waals surface area contributed by atoms with Gasteiger partial charge in [0.25, 0.3) is 0 Å². The van der Waals surface area contributed by atoms with E-state index in [1.54, 1.807) is 0 Å². The molecule has 4 rings (SSSR count). The Morgan fingerprint density at radius 1 is 0.867 bits per heavy atom. The van der Waals surface area contributed by atoms with Crippen LogP contribution < -0.4 is 0 Å². The molecule has 0 atom stereocenters. The summed E-state index contributed by atoms with van der Waals surface area (Å²) in [5.41, 5.74) is 4.48. The maximum Gasteiger partial charge on any atom is 0.126 e. The highest BCUT2D eigenvalue weighted by Crippen LogP contribution is 2.26. The second-order valence-electron chi connectivity index (χ2n) is 8.59. The molecule has 2 nitrogen and oxygen atoms in total. The molecule has 1 fully saturated rings. The van der Waals surface area contributed by atoms with E-state index in [4.69, 9.17) is 0 Å². The lowest BCUT2D eigenvalue weighted by molar-refractivity contribution is 0.136. The minimum atomic E-state index is -0.503. The summed E-state index contributed by atoms with van der Waals surface area (Å²) in [6, 6.07) is 17.2. The smallest absolute Gasteiger partial charge is 0.126 e. The Bertz CT molecular complexity index is 952. The van der Waals surface area contributed by atoms with Crippen molar-refractivity contribution in [1.29, 1.82) is 0 Å². The lowest BCUT2D eigenvalue weighted by Crippen LogP contribution is -2.36. The number of hydrogen-bond acceptors (Lipinski definition) is 1. The molecule has 2 aromatic carbocycles. The molecular formula is C26H30F2N2. The highest BCUT2D eigenvalue weighted by Gasteiger charge is 2.23. The molecule has 0 radical (unpaired) electrons. The molecule has 0 aliphatic heterocycles. The van der Waals surface area contributed by atoms with E-state index in [1.807, 2.05) is 0 Å². The van der Waals surface area contributed by atoms with Crippen LogP contribution in [0.4, 0.5) is 8.78 Å². The van der Waals surface area contributed by atoms with Crippen molar-refractivity contribution in [1.82, 2.24) is 9.47 Å². The van der Waals surface area contributed by atoms with Crippen molar-refractivity contribution in [2.75, 3.05) is 0 Å². The minimum absolute atomic E-state index is 0.451. The molecule has 3 aromatic rings. The first-order valence-corrected chi connectivity index (χ1v) is 11.0. The van der Waals surface area contributed by atoms with Crippen LogP contribution in [0.5, 0.6) is 0 Å². The van der Waals surface area contributed by atoms with E-state index >= 15 is 0 Å². The molecule has 1 aliphatic rings. The molecule has 158 valence electrons. The molecule has 0 amide bonds. The summed E-state index contributed by atoms with van der Waals surface area (Å²) >= 11 is 0. The van der Waals surface area contributed by atoms with Gasteiger partial charge in [-0.2, -0.15) is 0 Å². The maximum atomic E-state index is 13.8. The van der Waals surface area contributed by atoms with Gasteiger partial charge in [0.2, 0.25) is 0 Å². The number of benzene rings is 2. The fraction of sp³-hybridized carbons (Fsp3) is 0.385. The second-order valence-corrected chi connectivity index (χ2v) is 8.59. The Kier molecular flexibility index (Phi) is 6.63. The minimum Gasteiger partial charge on any atom is -0.346 e. The van der Waals surface area contributed by atoms with Crippen LogP contribution in [0.1, 0.15) is 54.5 Å². The number of rotatable bonds is 7. The quantitative estimate of drug-likeness (QED) is 0.436. The lowest BCUT2D eigenvalue weighted by Gasteiger charge is -2.34. The van der Waals surface area contributed by atoms with Crippen molar-refractivity contribution < 1.29 is 8.78 Å². The van der Waals surface area contributed by atoms with Crippen LogP contribution in [0, 0.1) is 18.6 Å². The molecule has 0 N–H and O–H groups in total. The van der Waals surface area contributed by atoms with E-state index in [9.17, 15) is 8.78 Å². The molecule has 4 heteroatoms. The highest BCUT2D eigenvalue weighted by atomic mass is 19.1. The van der Waals surface area contributed by atoms with Gasteiger partial charge in [0.1, 0.15) is 11.6 Å². The predicted molar refractivity (Wildman–Crippen MR) is 117 cm³/mol. The Labute approximate surface area is 178 Å². The first kappa shape index (κ1) is 20.8. The van der Waals surface area contributed by atoms with Gasteiger partial charge in [0, 0.05) is 43.6 Å². The summed E-state index contributed by atoms with van der Waals surface area (Å²) in [5.74, 6) is -1.01. The summed E-state index contributed by atoms with van der Waals surface area (Å²) in [4.78, 5) is 2.41. The standard InChI is InChI=1S/C26H30F2N2/c1-20-7-5-8-21(13-20)17-29-12-6-11-26(29)19-30(25-9-3-2-4-10-25)18-22-14-23(27)16-24(28)15-22/h5-8,11-16,25H,2-4,9-10,17-19H2,1H3. The van der Waals surface area contributed by atoms with Crippen molar-refractivity contribution >= 4 is 0 Å². The Morgan fingerprint density at radius 3 is 2.37 bits per heavy atom. The van der Waals surface area contributed by atoms with Gasteiger partial charge in [-0.25, -0.2) is 8.78 Å². The van der Waals surface area contributed by atoms with Crippen LogP contribution in [0.3, 0.4) is 0 Å². The Balaban J connectivity index is 1.55. The molecule has 1 aromatic heterocycles. The van der Waals surface area contributed by atoms with Gasteiger partial charge in [-0.05, 0) is 55.2 Å². The molecule has 0 unspecified atom stereocenters. The zero-order valence-electron chi connectivity index (χ0n) is 17.7. The van der Waals surface area contributed by atoms with Crippen LogP contribution in [-0.4, -0.2) is 15.5 Å². The van der Waals surface area contributed by atoms with Crippen molar-refractivity contribution in [2.45, 2.75) is 64.7 Å². The summed E-state index contributed by atoms with van der Waals surface area (Å²) < 4.78 is 29.8. The maximum absolute atomic E-state index is 13.8. The molecule has 1 saturated carbocycles. The number of aryl methyl sites for hydroxylation is 1. The molecule has 30 heavy (non-hydrogen) atoms. The molecule has 0 saturated heterocycles. The molecular weight excluding hydrogens is 378 g/mol. The van der Waals surface area contributed by atoms with E-state index in [1.165, 1.54) is 48.2 Å². The third-order valence-corrected chi connectivity index (χ3v) is 6.12. The van der Waals surface area contributed by atoms with Crippen LogP contribution in [0.25, 0.3) is 0 Å². The van der Waals surface area contributed by atoms with Crippen LogP contribution >= 0.6 is 0 Å². The topological polar surface area (TPSA) is 8.17 Å². The monoisotopic (exact) mass is 408 g/mol. The molecule has 0 bridgehead atoms. The fourth-order valence-electron chi connectivity index (χ4n) is 4.66. The molecule has 1 heterocycles. The summed E-state index contributed by atoms with van der Waals surface area (Å²) in [6.07, 6.45) is 8.15. The van der Waals surface area contributed by atoms with Crippen LogP contribution in [-0.2, 0) is 19.6 Å². The van der Waals surface area contributed by atoms with E-state index in [-0.39, 0.29) is 0 Å². The van der Waals surface area contributed by atoms with E-state index in [0.717, 1.165) is 32.0 Å². The highest BCUT2D eigenvalue weighted by molar-refractivity contribution is 5.24. The number of halogens is 2. The van der Waals surface area contributed by atoms with Gasteiger partial charge in [0.15, 0.2) is 0 Å². The van der Waals surface area contributed by atoms with Gasteiger partial charge in [0.05, 0.1) is 0 Å². The Morgan fingerprint density at radius 2 is 1.63 bits per heavy atom. The van der Waals surface area contributed by atoms with Gasteiger partial charge < -0.3 is 4.57 Å². The summed E-state index contributed by atoms with van der Waals surface area (Å²) in [6.45, 7) is 4.29. The normalized spacial score (nSPS) is 15.1. The fourth-order valence-corrected chi connectivity index (χ4v) is 4.66. The Hall–Kier alpha value is -2.46. The van der Waals surface area contributed by atoms with Gasteiger partial charge in [-0.15, -0.1) is 0 Å². The number of hydrogen-bond donors (Lipinski definition) is 0. The first-order chi connectivity index (χ1) is 14.6. The predicted octanol–water partition coefficient (Wildman–Crippen LogP) is 6.46. The largest absolute Gasteiger partial charge is 0.346 e. The number of aromatic nitrogens is 1.